The van der Waals surface area contributed by atoms with Crippen LogP contribution in [-0.2, 0) is 0 Å². The molecule has 0 aromatic heterocycles. The van der Waals surface area contributed by atoms with Gasteiger partial charge in [0, 0.05) is 0 Å². The number of rotatable bonds is 0. The van der Waals surface area contributed by atoms with Gasteiger partial charge in [0.2, 0.25) is 0 Å². The van der Waals surface area contributed by atoms with Crippen LogP contribution < -0.4 is 12.3 Å². The van der Waals surface area contributed by atoms with E-state index in [0.717, 1.165) is 0 Å². The van der Waals surface area contributed by atoms with Crippen LogP contribution in [0.15, 0.2) is 18.9 Å². The summed E-state index contributed by atoms with van der Waals surface area (Å²) in [4.78, 5) is 0. The van der Waals surface area contributed by atoms with Crippen LogP contribution in [-0.4, -0.2) is 0 Å². The molecule has 5 heavy (non-hydrogen) atoms. The maximum Gasteiger partial charge on any atom is -0.0572 e. The van der Waals surface area contributed by atoms with Gasteiger partial charge in [-0.25, -0.2) is 0 Å². The molecular weight excluding hydrogens is 64.0 g/mol. The fraction of sp³-hybridized carbons (Fsp3) is 0. The van der Waals surface area contributed by atoms with Gasteiger partial charge in [0.1, 0.15) is 0 Å². The Bertz CT molecular complexity index is 25.9. The summed E-state index contributed by atoms with van der Waals surface area (Å²) in [5.74, 6) is 0. The molecule has 0 saturated carbocycles. The molecule has 0 heterocycles. The van der Waals surface area contributed by atoms with Crippen molar-refractivity contribution in [3.63, 3.8) is 0 Å². The van der Waals surface area contributed by atoms with Gasteiger partial charge in [0.15, 0.2) is 0 Å². The van der Waals surface area contributed by atoms with E-state index in [1.54, 1.807) is 0 Å². The lowest BCUT2D eigenvalue weighted by Crippen LogP contribution is -0.844. The van der Waals surface area contributed by atoms with Gasteiger partial charge in [-0.2, -0.15) is 0 Å². The fourth-order valence-corrected chi connectivity index (χ4v) is 0. The predicted molar refractivity (Wildman–Crippen MR) is 24.8 cm³/mol. The van der Waals surface area contributed by atoms with Gasteiger partial charge >= 0.3 is 0 Å². The second-order valence-electron chi connectivity index (χ2n) is 0.250. The van der Waals surface area contributed by atoms with Crippen LogP contribution in [0, 0.1) is 0 Å². The minimum atomic E-state index is 0. The lowest BCUT2D eigenvalue weighted by atomic mass is 11.0. The van der Waals surface area contributed by atoms with E-state index in [1.165, 1.54) is 0 Å². The Hall–Kier alpha value is -0.560. The molecule has 2 heteroatoms. The molecule has 0 aromatic rings. The average molecular weight is 74.1 g/mol. The summed E-state index contributed by atoms with van der Waals surface area (Å²) in [5, 5.41) is 0. The first-order valence-corrected chi connectivity index (χ1v) is 0.707. The van der Waals surface area contributed by atoms with Crippen LogP contribution >= 0.6 is 0 Å². The molecule has 0 saturated heterocycles. The molecule has 0 rings (SSSR count). The third-order valence-corrected chi connectivity index (χ3v) is 0. The highest BCUT2D eigenvalue weighted by Crippen LogP contribution is 1.16. The molecule has 0 spiro atoms. The topological polar surface area (TPSA) is 70.0 Å². The van der Waals surface area contributed by atoms with Gasteiger partial charge in [-0.05, 0) is 0 Å². The Labute approximate surface area is 32.4 Å². The summed E-state index contributed by atoms with van der Waals surface area (Å²) >= 11 is 0. The Kier molecular flexibility index (Phi) is 536. The van der Waals surface area contributed by atoms with Gasteiger partial charge in [-0.15, -0.1) is 5.73 Å². The molecule has 32 valence electrons. The van der Waals surface area contributed by atoms with Gasteiger partial charge < -0.3 is 12.3 Å². The highest BCUT2D eigenvalue weighted by molar-refractivity contribution is 4.51. The molecular formula is C3H10N2. The van der Waals surface area contributed by atoms with Gasteiger partial charge in [0.25, 0.3) is 0 Å². The zero-order valence-electron chi connectivity index (χ0n) is 3.33. The van der Waals surface area contributed by atoms with Crippen molar-refractivity contribution in [3.05, 3.63) is 18.9 Å². The third-order valence-electron chi connectivity index (χ3n) is 0. The first-order valence-electron chi connectivity index (χ1n) is 0.707. The van der Waals surface area contributed by atoms with E-state index in [9.17, 15) is 0 Å². The third kappa shape index (κ3) is 22.7. The van der Waals surface area contributed by atoms with Gasteiger partial charge in [0.05, 0.1) is 0 Å². The molecule has 0 aliphatic carbocycles. The van der Waals surface area contributed by atoms with E-state index in [2.05, 4.69) is 18.9 Å². The summed E-state index contributed by atoms with van der Waals surface area (Å²) in [6.07, 6.45) is 0. The molecule has 0 bridgehead atoms. The zero-order valence-corrected chi connectivity index (χ0v) is 3.33. The van der Waals surface area contributed by atoms with Crippen molar-refractivity contribution in [3.8, 4) is 0 Å². The first kappa shape index (κ1) is 25.3. The van der Waals surface area contributed by atoms with Crippen molar-refractivity contribution in [1.29, 1.82) is 0 Å². The van der Waals surface area contributed by atoms with E-state index in [0.29, 0.717) is 0 Å². The Morgan fingerprint density at radius 3 is 1.00 bits per heavy atom. The smallest absolute Gasteiger partial charge is 0.0572 e. The predicted octanol–water partition coefficient (Wildman–Crippen LogP) is 1.28. The van der Waals surface area contributed by atoms with Crippen molar-refractivity contribution in [2.75, 3.05) is 0 Å². The van der Waals surface area contributed by atoms with Crippen molar-refractivity contribution >= 4 is 0 Å². The molecule has 0 atom stereocenters. The SMILES string of the molecule is C=C=C.N.N. The summed E-state index contributed by atoms with van der Waals surface area (Å²) in [7, 11) is 0. The second-order valence-corrected chi connectivity index (χ2v) is 0.250. The molecule has 0 aliphatic rings. The van der Waals surface area contributed by atoms with Crippen LogP contribution in [0.25, 0.3) is 0 Å². The van der Waals surface area contributed by atoms with Crippen LogP contribution in [0.3, 0.4) is 0 Å². The first-order chi connectivity index (χ1) is 1.41. The minimum Gasteiger partial charge on any atom is -0.344 e. The van der Waals surface area contributed by atoms with E-state index >= 15 is 0 Å². The van der Waals surface area contributed by atoms with Crippen LogP contribution in [0.4, 0.5) is 0 Å². The molecule has 2 nitrogen and oxygen atoms in total. The second kappa shape index (κ2) is 106. The van der Waals surface area contributed by atoms with Crippen LogP contribution in [0.1, 0.15) is 0 Å². The van der Waals surface area contributed by atoms with Crippen LogP contribution in [0.5, 0.6) is 0 Å². The van der Waals surface area contributed by atoms with Crippen molar-refractivity contribution in [2.45, 2.75) is 0 Å². The van der Waals surface area contributed by atoms with Crippen molar-refractivity contribution < 1.29 is 0 Å². The largest absolute Gasteiger partial charge is 0.344 e. The van der Waals surface area contributed by atoms with Crippen molar-refractivity contribution in [2.24, 2.45) is 0 Å². The Morgan fingerprint density at radius 1 is 1.00 bits per heavy atom. The summed E-state index contributed by atoms with van der Waals surface area (Å²) in [5.41, 5.74) is 2.25. The van der Waals surface area contributed by atoms with E-state index in [-0.39, 0.29) is 12.3 Å². The molecule has 0 radical (unpaired) electrons. The number of hydrogen-bond acceptors (Lipinski definition) is 2. The Morgan fingerprint density at radius 2 is 1.00 bits per heavy atom. The highest BCUT2D eigenvalue weighted by atomic mass is 14.0. The minimum absolute atomic E-state index is 0. The zero-order chi connectivity index (χ0) is 2.71. The summed E-state index contributed by atoms with van der Waals surface area (Å²) < 4.78 is 0. The van der Waals surface area contributed by atoms with E-state index in [1.807, 2.05) is 0 Å². The quantitative estimate of drug-likeness (QED) is 0.425. The average Bonchev–Trinajstić information content (AvgIpc) is 0.918. The van der Waals surface area contributed by atoms with E-state index < -0.39 is 0 Å². The molecule has 0 fully saturated rings. The monoisotopic (exact) mass is 74.1 g/mol. The highest BCUT2D eigenvalue weighted by Gasteiger charge is 0.904. The maximum absolute atomic E-state index is 3.12. The molecule has 0 amide bonds. The van der Waals surface area contributed by atoms with Gasteiger partial charge in [-0.1, -0.05) is 13.2 Å². The van der Waals surface area contributed by atoms with Crippen LogP contribution in [0.2, 0.25) is 0 Å². The summed E-state index contributed by atoms with van der Waals surface area (Å²) in [6.45, 7) is 6.25. The normalized spacial score (nSPS) is 1.60. The van der Waals surface area contributed by atoms with Crippen molar-refractivity contribution in [1.82, 2.24) is 12.3 Å². The number of hydrogen-bond donors (Lipinski definition) is 2. The molecule has 0 aliphatic heterocycles. The molecule has 0 unspecified atom stereocenters. The maximum atomic E-state index is 3.12. The lowest BCUT2D eigenvalue weighted by molar-refractivity contribution is 2.13. The van der Waals surface area contributed by atoms with Gasteiger partial charge in [-0.3, -0.25) is 0 Å². The summed E-state index contributed by atoms with van der Waals surface area (Å²) in [6, 6.07) is 0. The Balaban J connectivity index is -0.0000000200. The standard InChI is InChI=1S/C3H4.2H3N/c1-3-2;;/h1-2H2;2*1H3. The van der Waals surface area contributed by atoms with E-state index in [4.69, 9.17) is 0 Å². The lowest BCUT2D eigenvalue weighted by Gasteiger charge is -1.10. The fourth-order valence-electron chi connectivity index (χ4n) is 0. The molecule has 6 N–H and O–H groups in total. The molecule has 0 aromatic carbocycles.